The summed E-state index contributed by atoms with van der Waals surface area (Å²) in [5, 5.41) is 3.36. The predicted molar refractivity (Wildman–Crippen MR) is 86.9 cm³/mol. The van der Waals surface area contributed by atoms with Crippen molar-refractivity contribution in [2.45, 2.75) is 26.8 Å². The Balaban J connectivity index is 2.80. The van der Waals surface area contributed by atoms with Crippen molar-refractivity contribution in [3.8, 4) is 0 Å². The lowest BCUT2D eigenvalue weighted by Crippen LogP contribution is -2.30. The molecule has 0 unspecified atom stereocenters. The van der Waals surface area contributed by atoms with Gasteiger partial charge in [0.15, 0.2) is 0 Å². The van der Waals surface area contributed by atoms with Gasteiger partial charge in [0.1, 0.15) is 5.82 Å². The van der Waals surface area contributed by atoms with Gasteiger partial charge in [-0.1, -0.05) is 6.92 Å². The number of pyridine rings is 1. The molecule has 0 spiro atoms. The molecule has 0 aromatic carbocycles. The molecule has 1 N–H and O–H groups in total. The third-order valence-electron chi connectivity index (χ3n) is 3.24. The number of ether oxygens (including phenoxy) is 2. The average molecular weight is 295 g/mol. The van der Waals surface area contributed by atoms with E-state index in [-0.39, 0.29) is 0 Å². The van der Waals surface area contributed by atoms with Gasteiger partial charge >= 0.3 is 0 Å². The predicted octanol–water partition coefficient (Wildman–Crippen LogP) is 1.99. The zero-order valence-corrected chi connectivity index (χ0v) is 13.8. The molecule has 21 heavy (non-hydrogen) atoms. The first kappa shape index (κ1) is 17.9. The Morgan fingerprint density at radius 2 is 1.90 bits per heavy atom. The maximum atomic E-state index is 5.21. The fourth-order valence-corrected chi connectivity index (χ4v) is 2.20. The molecule has 0 saturated carbocycles. The van der Waals surface area contributed by atoms with Crippen LogP contribution in [-0.4, -0.2) is 52.1 Å². The van der Waals surface area contributed by atoms with Gasteiger partial charge < -0.3 is 19.7 Å². The Kier molecular flexibility index (Phi) is 8.98. The van der Waals surface area contributed by atoms with Crippen molar-refractivity contribution in [3.05, 3.63) is 23.4 Å². The molecule has 0 fully saturated rings. The second kappa shape index (κ2) is 10.5. The first-order valence-electron chi connectivity index (χ1n) is 7.62. The summed E-state index contributed by atoms with van der Waals surface area (Å²) in [6, 6.07) is 4.30. The number of methoxy groups -OCH3 is 2. The van der Waals surface area contributed by atoms with Gasteiger partial charge in [-0.05, 0) is 37.6 Å². The second-order valence-electron chi connectivity index (χ2n) is 5.08. The summed E-state index contributed by atoms with van der Waals surface area (Å²) in [6.07, 6.45) is 0.985. The Labute approximate surface area is 128 Å². The van der Waals surface area contributed by atoms with E-state index in [2.05, 4.69) is 34.3 Å². The van der Waals surface area contributed by atoms with Crippen molar-refractivity contribution in [3.63, 3.8) is 0 Å². The SMILES string of the molecule is CCNCc1cc(C)nc(N(CCCOC)CCOC)c1. The van der Waals surface area contributed by atoms with E-state index in [4.69, 9.17) is 9.47 Å². The molecule has 1 aromatic heterocycles. The standard InChI is InChI=1S/C16H29N3O2/c1-5-17-13-15-11-14(2)18-16(12-15)19(8-10-21-4)7-6-9-20-3/h11-12,17H,5-10,13H2,1-4H3. The Hall–Kier alpha value is -1.17. The van der Waals surface area contributed by atoms with E-state index in [1.807, 2.05) is 6.92 Å². The number of aromatic nitrogens is 1. The molecule has 1 heterocycles. The van der Waals surface area contributed by atoms with Gasteiger partial charge in [0, 0.05) is 46.2 Å². The van der Waals surface area contributed by atoms with E-state index in [1.54, 1.807) is 14.2 Å². The van der Waals surface area contributed by atoms with Crippen LogP contribution in [0.4, 0.5) is 5.82 Å². The van der Waals surface area contributed by atoms with Crippen LogP contribution < -0.4 is 10.2 Å². The summed E-state index contributed by atoms with van der Waals surface area (Å²) in [7, 11) is 3.46. The van der Waals surface area contributed by atoms with Gasteiger partial charge in [-0.2, -0.15) is 0 Å². The number of hydrogen-bond acceptors (Lipinski definition) is 5. The van der Waals surface area contributed by atoms with Gasteiger partial charge in [-0.3, -0.25) is 0 Å². The molecule has 0 aliphatic carbocycles. The van der Waals surface area contributed by atoms with Crippen LogP contribution in [0.2, 0.25) is 0 Å². The van der Waals surface area contributed by atoms with Crippen molar-refractivity contribution in [2.24, 2.45) is 0 Å². The highest BCUT2D eigenvalue weighted by atomic mass is 16.5. The topological polar surface area (TPSA) is 46.6 Å². The lowest BCUT2D eigenvalue weighted by atomic mass is 10.2. The fraction of sp³-hybridized carbons (Fsp3) is 0.688. The van der Waals surface area contributed by atoms with E-state index < -0.39 is 0 Å². The summed E-state index contributed by atoms with van der Waals surface area (Å²) in [5.74, 6) is 1.02. The molecule has 0 saturated heterocycles. The van der Waals surface area contributed by atoms with Crippen LogP contribution in [-0.2, 0) is 16.0 Å². The first-order chi connectivity index (χ1) is 10.2. The number of nitrogens with one attached hydrogen (secondary N) is 1. The summed E-state index contributed by atoms with van der Waals surface area (Å²) < 4.78 is 10.4. The van der Waals surface area contributed by atoms with E-state index in [0.717, 1.165) is 50.7 Å². The lowest BCUT2D eigenvalue weighted by Gasteiger charge is -2.24. The summed E-state index contributed by atoms with van der Waals surface area (Å²) in [5.41, 5.74) is 2.32. The van der Waals surface area contributed by atoms with Crippen molar-refractivity contribution in [1.29, 1.82) is 0 Å². The molecule has 5 nitrogen and oxygen atoms in total. The van der Waals surface area contributed by atoms with Gasteiger partial charge in [0.05, 0.1) is 6.61 Å². The highest BCUT2D eigenvalue weighted by molar-refractivity contribution is 5.42. The van der Waals surface area contributed by atoms with Gasteiger partial charge in [0.2, 0.25) is 0 Å². The van der Waals surface area contributed by atoms with Crippen LogP contribution in [0.25, 0.3) is 0 Å². The molecule has 0 atom stereocenters. The highest BCUT2D eigenvalue weighted by Gasteiger charge is 2.09. The maximum absolute atomic E-state index is 5.21. The average Bonchev–Trinajstić information content (AvgIpc) is 2.48. The van der Waals surface area contributed by atoms with Crippen molar-refractivity contribution >= 4 is 5.82 Å². The second-order valence-corrected chi connectivity index (χ2v) is 5.08. The zero-order valence-electron chi connectivity index (χ0n) is 13.8. The monoisotopic (exact) mass is 295 g/mol. The molecule has 0 bridgehead atoms. The van der Waals surface area contributed by atoms with Crippen LogP contribution in [0.1, 0.15) is 24.6 Å². The third-order valence-corrected chi connectivity index (χ3v) is 3.24. The molecule has 5 heteroatoms. The Morgan fingerprint density at radius 3 is 2.57 bits per heavy atom. The number of anilines is 1. The first-order valence-corrected chi connectivity index (χ1v) is 7.62. The minimum atomic E-state index is 0.700. The number of nitrogens with zero attached hydrogens (tertiary/aromatic N) is 2. The van der Waals surface area contributed by atoms with Crippen LogP contribution in [0.3, 0.4) is 0 Å². The van der Waals surface area contributed by atoms with Crippen LogP contribution in [0.15, 0.2) is 12.1 Å². The van der Waals surface area contributed by atoms with E-state index >= 15 is 0 Å². The molecule has 1 rings (SSSR count). The van der Waals surface area contributed by atoms with E-state index in [0.29, 0.717) is 6.61 Å². The summed E-state index contributed by atoms with van der Waals surface area (Å²) in [4.78, 5) is 6.94. The molecule has 1 aromatic rings. The molecule has 120 valence electrons. The van der Waals surface area contributed by atoms with E-state index in [1.165, 1.54) is 5.56 Å². The number of hydrogen-bond donors (Lipinski definition) is 1. The summed E-state index contributed by atoms with van der Waals surface area (Å²) >= 11 is 0. The van der Waals surface area contributed by atoms with Crippen LogP contribution >= 0.6 is 0 Å². The minimum absolute atomic E-state index is 0.700. The number of aryl methyl sites for hydroxylation is 1. The molecule has 0 amide bonds. The fourth-order valence-electron chi connectivity index (χ4n) is 2.20. The largest absolute Gasteiger partial charge is 0.385 e. The van der Waals surface area contributed by atoms with Crippen molar-refractivity contribution < 1.29 is 9.47 Å². The molecule has 0 aliphatic heterocycles. The van der Waals surface area contributed by atoms with Gasteiger partial charge in [0.25, 0.3) is 0 Å². The van der Waals surface area contributed by atoms with E-state index in [9.17, 15) is 0 Å². The quantitative estimate of drug-likeness (QED) is 0.633. The van der Waals surface area contributed by atoms with Gasteiger partial charge in [-0.15, -0.1) is 0 Å². The molecule has 0 radical (unpaired) electrons. The van der Waals surface area contributed by atoms with Crippen LogP contribution in [0.5, 0.6) is 0 Å². The van der Waals surface area contributed by atoms with Gasteiger partial charge in [-0.25, -0.2) is 4.98 Å². The third kappa shape index (κ3) is 6.89. The molecule has 0 aliphatic rings. The Bertz CT molecular complexity index is 399. The van der Waals surface area contributed by atoms with Crippen molar-refractivity contribution in [2.75, 3.05) is 52.0 Å². The minimum Gasteiger partial charge on any atom is -0.385 e. The lowest BCUT2D eigenvalue weighted by molar-refractivity contribution is 0.191. The summed E-state index contributed by atoms with van der Waals surface area (Å²) in [6.45, 7) is 9.24. The smallest absolute Gasteiger partial charge is 0.129 e. The normalized spacial score (nSPS) is 10.9. The zero-order chi connectivity index (χ0) is 15.5. The van der Waals surface area contributed by atoms with Crippen molar-refractivity contribution in [1.82, 2.24) is 10.3 Å². The number of rotatable bonds is 11. The maximum Gasteiger partial charge on any atom is 0.129 e. The molecular weight excluding hydrogens is 266 g/mol. The Morgan fingerprint density at radius 1 is 1.14 bits per heavy atom. The molecular formula is C16H29N3O2. The van der Waals surface area contributed by atoms with Crippen LogP contribution in [0, 0.1) is 6.92 Å². The highest BCUT2D eigenvalue weighted by Crippen LogP contribution is 2.15.